The second kappa shape index (κ2) is 11.1. The van der Waals surface area contributed by atoms with Crippen molar-refractivity contribution in [3.05, 3.63) is 98.4 Å². The first-order valence-corrected chi connectivity index (χ1v) is 11.9. The number of imide groups is 1. The average Bonchev–Trinajstić information content (AvgIpc) is 3.08. The number of nitrogens with one attached hydrogen (secondary N) is 1. The third-order valence-corrected chi connectivity index (χ3v) is 6.46. The molecule has 1 aliphatic rings. The van der Waals surface area contributed by atoms with Crippen molar-refractivity contribution in [2.45, 2.75) is 6.61 Å². The lowest BCUT2D eigenvalue weighted by Gasteiger charge is -2.12. The van der Waals surface area contributed by atoms with Crippen LogP contribution in [0.4, 0.5) is 19.3 Å². The molecule has 1 aliphatic heterocycles. The summed E-state index contributed by atoms with van der Waals surface area (Å²) >= 11 is 12.7. The Hall–Kier alpha value is -3.40. The minimum Gasteiger partial charge on any atom is -0.489 e. The maximum absolute atomic E-state index is 13.7. The first-order valence-electron chi connectivity index (χ1n) is 10.4. The molecule has 36 heavy (non-hydrogen) atoms. The minimum absolute atomic E-state index is 0.127. The zero-order chi connectivity index (χ0) is 25.8. The van der Waals surface area contributed by atoms with Crippen LogP contribution in [0.3, 0.4) is 0 Å². The zero-order valence-electron chi connectivity index (χ0n) is 18.3. The Morgan fingerprint density at radius 2 is 1.78 bits per heavy atom. The Kier molecular flexibility index (Phi) is 7.93. The van der Waals surface area contributed by atoms with Gasteiger partial charge in [-0.25, -0.2) is 8.78 Å². The second-order valence-corrected chi connectivity index (χ2v) is 9.37. The summed E-state index contributed by atoms with van der Waals surface area (Å²) in [5.41, 5.74) is 1.14. The summed E-state index contributed by atoms with van der Waals surface area (Å²) < 4.78 is 32.5. The molecule has 3 amide bonds. The standard InChI is InChI=1S/C25H16Cl2F2N2O4S/c26-16-4-3-15(19(27)10-16)13-35-18-6-1-14(2-7-18)9-22-24(33)31(25(34)36-22)12-23(32)30-21-8-5-17(28)11-20(21)29/h1-11H,12-13H2,(H,30,32)/b22-9+. The smallest absolute Gasteiger partial charge is 0.294 e. The van der Waals surface area contributed by atoms with Gasteiger partial charge in [0.1, 0.15) is 30.5 Å². The van der Waals surface area contributed by atoms with Gasteiger partial charge < -0.3 is 10.1 Å². The lowest BCUT2D eigenvalue weighted by atomic mass is 10.2. The van der Waals surface area contributed by atoms with Gasteiger partial charge in [-0.1, -0.05) is 41.4 Å². The second-order valence-electron chi connectivity index (χ2n) is 7.53. The molecule has 0 saturated carbocycles. The van der Waals surface area contributed by atoms with Crippen molar-refractivity contribution in [2.75, 3.05) is 11.9 Å². The van der Waals surface area contributed by atoms with E-state index in [-0.39, 0.29) is 17.2 Å². The summed E-state index contributed by atoms with van der Waals surface area (Å²) in [7, 11) is 0. The van der Waals surface area contributed by atoms with E-state index in [1.807, 2.05) is 0 Å². The van der Waals surface area contributed by atoms with Crippen LogP contribution in [0.1, 0.15) is 11.1 Å². The molecule has 1 N–H and O–H groups in total. The maximum Gasteiger partial charge on any atom is 0.294 e. The van der Waals surface area contributed by atoms with Crippen LogP contribution in [0, 0.1) is 11.6 Å². The lowest BCUT2D eigenvalue weighted by molar-refractivity contribution is -0.127. The summed E-state index contributed by atoms with van der Waals surface area (Å²) in [5.74, 6) is -2.66. The highest BCUT2D eigenvalue weighted by Crippen LogP contribution is 2.32. The molecule has 0 bridgehead atoms. The number of rotatable bonds is 7. The van der Waals surface area contributed by atoms with E-state index in [4.69, 9.17) is 27.9 Å². The molecule has 11 heteroatoms. The number of nitrogens with zero attached hydrogens (tertiary/aromatic N) is 1. The SMILES string of the molecule is O=C(CN1C(=O)S/C(=C/c2ccc(OCc3ccc(Cl)cc3Cl)cc2)C1=O)Nc1ccc(F)cc1F. The number of amides is 3. The van der Waals surface area contributed by atoms with Crippen molar-refractivity contribution >= 4 is 63.8 Å². The predicted octanol–water partition coefficient (Wildman–Crippen LogP) is 6.53. The summed E-state index contributed by atoms with van der Waals surface area (Å²) in [5, 5.41) is 2.60. The lowest BCUT2D eigenvalue weighted by Crippen LogP contribution is -2.36. The van der Waals surface area contributed by atoms with Crippen molar-refractivity contribution in [2.24, 2.45) is 0 Å². The van der Waals surface area contributed by atoms with Crippen LogP contribution in [-0.4, -0.2) is 28.5 Å². The molecule has 1 fully saturated rings. The highest BCUT2D eigenvalue weighted by atomic mass is 35.5. The van der Waals surface area contributed by atoms with Gasteiger partial charge in [-0.3, -0.25) is 19.3 Å². The van der Waals surface area contributed by atoms with Crippen molar-refractivity contribution in [3.8, 4) is 5.75 Å². The van der Waals surface area contributed by atoms with Gasteiger partial charge in [0.05, 0.1) is 10.6 Å². The van der Waals surface area contributed by atoms with E-state index in [0.29, 0.717) is 39.2 Å². The van der Waals surface area contributed by atoms with E-state index in [0.717, 1.165) is 22.6 Å². The van der Waals surface area contributed by atoms with Crippen LogP contribution in [0.25, 0.3) is 6.08 Å². The third kappa shape index (κ3) is 6.23. The Morgan fingerprint density at radius 3 is 2.47 bits per heavy atom. The van der Waals surface area contributed by atoms with Gasteiger partial charge in [0.15, 0.2) is 0 Å². The van der Waals surface area contributed by atoms with Gasteiger partial charge in [0, 0.05) is 21.7 Å². The van der Waals surface area contributed by atoms with E-state index < -0.39 is 35.2 Å². The summed E-state index contributed by atoms with van der Waals surface area (Å²) in [6.07, 6.45) is 1.52. The van der Waals surface area contributed by atoms with E-state index in [1.54, 1.807) is 42.5 Å². The number of benzene rings is 3. The minimum atomic E-state index is -0.971. The topological polar surface area (TPSA) is 75.7 Å². The fourth-order valence-electron chi connectivity index (χ4n) is 3.17. The first-order chi connectivity index (χ1) is 17.2. The molecule has 0 radical (unpaired) electrons. The monoisotopic (exact) mass is 548 g/mol. The quantitative estimate of drug-likeness (QED) is 0.340. The molecule has 4 rings (SSSR count). The van der Waals surface area contributed by atoms with Gasteiger partial charge in [0.2, 0.25) is 5.91 Å². The van der Waals surface area contributed by atoms with Crippen molar-refractivity contribution in [1.29, 1.82) is 0 Å². The fraction of sp³-hybridized carbons (Fsp3) is 0.0800. The number of halogens is 4. The summed E-state index contributed by atoms with van der Waals surface area (Å²) in [6, 6.07) is 14.6. The Balaban J connectivity index is 1.36. The number of ether oxygens (including phenoxy) is 1. The van der Waals surface area contributed by atoms with E-state index in [2.05, 4.69) is 5.32 Å². The number of anilines is 1. The number of thioether (sulfide) groups is 1. The Labute approximate surface area is 218 Å². The summed E-state index contributed by atoms with van der Waals surface area (Å²) in [4.78, 5) is 38.1. The maximum atomic E-state index is 13.7. The van der Waals surface area contributed by atoms with E-state index >= 15 is 0 Å². The highest BCUT2D eigenvalue weighted by Gasteiger charge is 2.36. The summed E-state index contributed by atoms with van der Waals surface area (Å²) in [6.45, 7) is -0.378. The van der Waals surface area contributed by atoms with Crippen LogP contribution >= 0.6 is 35.0 Å². The average molecular weight is 549 g/mol. The van der Waals surface area contributed by atoms with Gasteiger partial charge in [-0.05, 0) is 59.8 Å². The molecule has 1 heterocycles. The molecule has 0 aliphatic carbocycles. The number of hydrogen-bond acceptors (Lipinski definition) is 5. The van der Waals surface area contributed by atoms with Crippen LogP contribution in [-0.2, 0) is 16.2 Å². The molecule has 0 aromatic heterocycles. The number of carbonyl (C=O) groups is 3. The van der Waals surface area contributed by atoms with Crippen LogP contribution in [0.2, 0.25) is 10.0 Å². The molecule has 0 spiro atoms. The molecule has 3 aromatic rings. The molecule has 6 nitrogen and oxygen atoms in total. The van der Waals surface area contributed by atoms with E-state index in [1.165, 1.54) is 6.08 Å². The molecular formula is C25H16Cl2F2N2O4S. The van der Waals surface area contributed by atoms with Gasteiger partial charge in [0.25, 0.3) is 11.1 Å². The van der Waals surface area contributed by atoms with Crippen LogP contribution in [0.15, 0.2) is 65.6 Å². The third-order valence-electron chi connectivity index (χ3n) is 4.97. The number of carbonyl (C=O) groups excluding carboxylic acids is 3. The fourth-order valence-corrected chi connectivity index (χ4v) is 4.47. The van der Waals surface area contributed by atoms with Crippen LogP contribution < -0.4 is 10.1 Å². The molecule has 0 atom stereocenters. The first kappa shape index (κ1) is 25.7. The van der Waals surface area contributed by atoms with Crippen LogP contribution in [0.5, 0.6) is 5.75 Å². The highest BCUT2D eigenvalue weighted by molar-refractivity contribution is 8.18. The van der Waals surface area contributed by atoms with Crippen molar-refractivity contribution < 1.29 is 27.9 Å². The Bertz CT molecular complexity index is 1380. The van der Waals surface area contributed by atoms with Gasteiger partial charge in [-0.15, -0.1) is 0 Å². The molecule has 1 saturated heterocycles. The van der Waals surface area contributed by atoms with Gasteiger partial charge >= 0.3 is 0 Å². The Morgan fingerprint density at radius 1 is 1.03 bits per heavy atom. The van der Waals surface area contributed by atoms with Gasteiger partial charge in [-0.2, -0.15) is 0 Å². The zero-order valence-corrected chi connectivity index (χ0v) is 20.6. The normalized spacial score (nSPS) is 14.4. The molecule has 3 aromatic carbocycles. The number of hydrogen-bond donors (Lipinski definition) is 1. The van der Waals surface area contributed by atoms with Crippen molar-refractivity contribution in [3.63, 3.8) is 0 Å². The predicted molar refractivity (Wildman–Crippen MR) is 135 cm³/mol. The molecule has 0 unspecified atom stereocenters. The van der Waals surface area contributed by atoms with Crippen molar-refractivity contribution in [1.82, 2.24) is 4.90 Å². The van der Waals surface area contributed by atoms with E-state index in [9.17, 15) is 23.2 Å². The molecular weight excluding hydrogens is 533 g/mol. The largest absolute Gasteiger partial charge is 0.489 e. The molecule has 184 valence electrons.